The average Bonchev–Trinajstić information content (AvgIpc) is 3.18. The van der Waals surface area contributed by atoms with Crippen LogP contribution in [0.2, 0.25) is 0 Å². The van der Waals surface area contributed by atoms with Gasteiger partial charge in [0.1, 0.15) is 0 Å². The molecule has 0 radical (unpaired) electrons. The molecule has 1 aliphatic heterocycles. The highest BCUT2D eigenvalue weighted by atomic mass is 16.5. The molecule has 0 fully saturated rings. The molecule has 3 aromatic rings. The third-order valence-electron chi connectivity index (χ3n) is 5.30. The normalized spacial score (nSPS) is 18.7. The van der Waals surface area contributed by atoms with E-state index in [2.05, 4.69) is 90.4 Å². The fourth-order valence-corrected chi connectivity index (χ4v) is 3.71. The minimum Gasteiger partial charge on any atom is -0.338 e. The second kappa shape index (κ2) is 7.04. The Labute approximate surface area is 154 Å². The van der Waals surface area contributed by atoms with Crippen molar-refractivity contribution in [3.05, 3.63) is 83.0 Å². The van der Waals surface area contributed by atoms with E-state index in [4.69, 9.17) is 4.52 Å². The van der Waals surface area contributed by atoms with Crippen LogP contribution in [0.4, 0.5) is 0 Å². The van der Waals surface area contributed by atoms with E-state index in [1.165, 1.54) is 16.7 Å². The number of benzene rings is 2. The van der Waals surface area contributed by atoms with Crippen LogP contribution >= 0.6 is 0 Å². The molecule has 4 nitrogen and oxygen atoms in total. The standard InChI is InChI=1S/C22H25N3O/c1-15(2)21-23-22(26-24-21)16(3)25-13-18-11-7-8-12-19(18)20(14-25)17-9-5-4-6-10-17/h4-12,15-16,20H,13-14H2,1-3H3/t16-,20+/m1/s1. The lowest BCUT2D eigenvalue weighted by Gasteiger charge is -2.37. The van der Waals surface area contributed by atoms with Gasteiger partial charge in [0.2, 0.25) is 5.89 Å². The summed E-state index contributed by atoms with van der Waals surface area (Å²) < 4.78 is 5.57. The first-order valence-electron chi connectivity index (χ1n) is 9.33. The fraction of sp³-hybridized carbons (Fsp3) is 0.364. The average molecular weight is 347 g/mol. The maximum Gasteiger partial charge on any atom is 0.243 e. The van der Waals surface area contributed by atoms with E-state index >= 15 is 0 Å². The third-order valence-corrected chi connectivity index (χ3v) is 5.30. The maximum absolute atomic E-state index is 5.57. The molecule has 0 N–H and O–H groups in total. The van der Waals surface area contributed by atoms with Crippen molar-refractivity contribution in [2.75, 3.05) is 6.54 Å². The van der Waals surface area contributed by atoms with Crippen molar-refractivity contribution in [1.82, 2.24) is 15.0 Å². The third kappa shape index (κ3) is 3.17. The molecule has 0 saturated carbocycles. The smallest absolute Gasteiger partial charge is 0.243 e. The lowest BCUT2D eigenvalue weighted by molar-refractivity contribution is 0.150. The topological polar surface area (TPSA) is 42.2 Å². The van der Waals surface area contributed by atoms with Crippen molar-refractivity contribution in [2.45, 2.75) is 45.2 Å². The van der Waals surface area contributed by atoms with Crippen LogP contribution in [-0.2, 0) is 6.54 Å². The Kier molecular flexibility index (Phi) is 4.60. The molecular weight excluding hydrogens is 322 g/mol. The van der Waals surface area contributed by atoms with E-state index in [1.807, 2.05) is 0 Å². The van der Waals surface area contributed by atoms with Gasteiger partial charge < -0.3 is 4.52 Å². The largest absolute Gasteiger partial charge is 0.338 e. The van der Waals surface area contributed by atoms with Gasteiger partial charge in [0, 0.05) is 24.9 Å². The number of fused-ring (bicyclic) bond motifs is 1. The number of aromatic nitrogens is 2. The summed E-state index contributed by atoms with van der Waals surface area (Å²) in [4.78, 5) is 7.06. The minimum atomic E-state index is 0.0922. The molecule has 4 rings (SSSR count). The molecule has 0 bridgehead atoms. The van der Waals surface area contributed by atoms with E-state index in [0.717, 1.165) is 18.9 Å². The first-order valence-corrected chi connectivity index (χ1v) is 9.33. The quantitative estimate of drug-likeness (QED) is 0.673. The van der Waals surface area contributed by atoms with Gasteiger partial charge in [0.25, 0.3) is 0 Å². The van der Waals surface area contributed by atoms with Crippen LogP contribution < -0.4 is 0 Å². The summed E-state index contributed by atoms with van der Waals surface area (Å²) in [6, 6.07) is 19.6. The van der Waals surface area contributed by atoms with Gasteiger partial charge in [-0.1, -0.05) is 73.6 Å². The molecule has 1 aliphatic rings. The molecule has 1 aromatic heterocycles. The summed E-state index contributed by atoms with van der Waals surface area (Å²) in [5, 5.41) is 4.14. The highest BCUT2D eigenvalue weighted by molar-refractivity contribution is 5.40. The van der Waals surface area contributed by atoms with E-state index in [-0.39, 0.29) is 12.0 Å². The summed E-state index contributed by atoms with van der Waals surface area (Å²) in [5.74, 6) is 2.12. The molecule has 26 heavy (non-hydrogen) atoms. The van der Waals surface area contributed by atoms with E-state index < -0.39 is 0 Å². The Morgan fingerprint density at radius 2 is 1.73 bits per heavy atom. The summed E-state index contributed by atoms with van der Waals surface area (Å²) in [6.07, 6.45) is 0. The van der Waals surface area contributed by atoms with Crippen molar-refractivity contribution >= 4 is 0 Å². The molecular formula is C22H25N3O. The van der Waals surface area contributed by atoms with Crippen LogP contribution in [0.25, 0.3) is 0 Å². The van der Waals surface area contributed by atoms with E-state index in [9.17, 15) is 0 Å². The Hall–Kier alpha value is -2.46. The van der Waals surface area contributed by atoms with Gasteiger partial charge in [-0.05, 0) is 23.6 Å². The Bertz CT molecular complexity index is 872. The molecule has 0 saturated heterocycles. The summed E-state index contributed by atoms with van der Waals surface area (Å²) in [6.45, 7) is 8.18. The molecule has 0 aliphatic carbocycles. The monoisotopic (exact) mass is 347 g/mol. The zero-order valence-corrected chi connectivity index (χ0v) is 15.6. The Morgan fingerprint density at radius 3 is 2.46 bits per heavy atom. The number of rotatable bonds is 4. The molecule has 2 atom stereocenters. The lowest BCUT2D eigenvalue weighted by Crippen LogP contribution is -2.36. The second-order valence-electron chi connectivity index (χ2n) is 7.41. The van der Waals surface area contributed by atoms with Crippen molar-refractivity contribution < 1.29 is 4.52 Å². The summed E-state index contributed by atoms with van der Waals surface area (Å²) in [7, 11) is 0. The van der Waals surface area contributed by atoms with Crippen molar-refractivity contribution in [3.63, 3.8) is 0 Å². The van der Waals surface area contributed by atoms with Gasteiger partial charge in [-0.25, -0.2) is 0 Å². The summed E-state index contributed by atoms with van der Waals surface area (Å²) in [5.41, 5.74) is 4.16. The number of nitrogens with zero attached hydrogens (tertiary/aromatic N) is 3. The first kappa shape index (κ1) is 17.0. The zero-order chi connectivity index (χ0) is 18.1. The molecule has 2 aromatic carbocycles. The maximum atomic E-state index is 5.57. The van der Waals surface area contributed by atoms with Crippen molar-refractivity contribution in [2.24, 2.45) is 0 Å². The molecule has 134 valence electrons. The van der Waals surface area contributed by atoms with Crippen molar-refractivity contribution in [1.29, 1.82) is 0 Å². The first-order chi connectivity index (χ1) is 12.6. The van der Waals surface area contributed by atoms with Gasteiger partial charge in [-0.15, -0.1) is 0 Å². The van der Waals surface area contributed by atoms with Gasteiger partial charge in [-0.3, -0.25) is 4.90 Å². The summed E-state index contributed by atoms with van der Waals surface area (Å²) >= 11 is 0. The van der Waals surface area contributed by atoms with Crippen LogP contribution in [-0.4, -0.2) is 21.6 Å². The molecule has 0 unspecified atom stereocenters. The number of hydrogen-bond acceptors (Lipinski definition) is 4. The lowest BCUT2D eigenvalue weighted by atomic mass is 9.84. The van der Waals surface area contributed by atoms with Gasteiger partial charge in [-0.2, -0.15) is 4.98 Å². The van der Waals surface area contributed by atoms with Crippen molar-refractivity contribution in [3.8, 4) is 0 Å². The van der Waals surface area contributed by atoms with Gasteiger partial charge in [0.15, 0.2) is 5.82 Å². The predicted octanol–water partition coefficient (Wildman–Crippen LogP) is 4.90. The molecule has 2 heterocycles. The van der Waals surface area contributed by atoms with Gasteiger partial charge in [0.05, 0.1) is 6.04 Å². The van der Waals surface area contributed by atoms with Crippen LogP contribution in [0.1, 0.15) is 67.1 Å². The minimum absolute atomic E-state index is 0.0922. The Morgan fingerprint density at radius 1 is 1.00 bits per heavy atom. The van der Waals surface area contributed by atoms with Crippen LogP contribution in [0.15, 0.2) is 59.1 Å². The number of hydrogen-bond donors (Lipinski definition) is 0. The van der Waals surface area contributed by atoms with E-state index in [0.29, 0.717) is 11.8 Å². The van der Waals surface area contributed by atoms with Crippen LogP contribution in [0.5, 0.6) is 0 Å². The predicted molar refractivity (Wildman–Crippen MR) is 102 cm³/mol. The highest BCUT2D eigenvalue weighted by Gasteiger charge is 2.31. The SMILES string of the molecule is CC(C)c1noc([C@@H](C)N2Cc3ccccc3[C@H](c3ccccc3)C2)n1. The Balaban J connectivity index is 1.66. The highest BCUT2D eigenvalue weighted by Crippen LogP contribution is 2.36. The fourth-order valence-electron chi connectivity index (χ4n) is 3.71. The van der Waals surface area contributed by atoms with E-state index in [1.54, 1.807) is 0 Å². The molecule has 0 amide bonds. The van der Waals surface area contributed by atoms with Crippen LogP contribution in [0, 0.1) is 0 Å². The molecule has 0 spiro atoms. The van der Waals surface area contributed by atoms with Crippen LogP contribution in [0.3, 0.4) is 0 Å². The molecule has 4 heteroatoms. The second-order valence-corrected chi connectivity index (χ2v) is 7.41. The van der Waals surface area contributed by atoms with Gasteiger partial charge >= 0.3 is 0 Å². The zero-order valence-electron chi connectivity index (χ0n) is 15.6.